The summed E-state index contributed by atoms with van der Waals surface area (Å²) in [5.74, 6) is 0.0256. The molecule has 3 atom stereocenters. The molecule has 0 unspecified atom stereocenters. The number of thiophene rings is 1. The normalized spacial score (nSPS) is 30.5. The molecule has 17 heavy (non-hydrogen) atoms. The predicted molar refractivity (Wildman–Crippen MR) is 66.7 cm³/mol. The van der Waals surface area contributed by atoms with Crippen molar-refractivity contribution in [3.8, 4) is 5.06 Å². The van der Waals surface area contributed by atoms with Gasteiger partial charge in [-0.2, -0.15) is 0 Å². The van der Waals surface area contributed by atoms with Crippen molar-refractivity contribution in [2.45, 2.75) is 37.4 Å². The second-order valence-electron chi connectivity index (χ2n) is 4.69. The Balaban J connectivity index is 1.63. The largest absolute Gasteiger partial charge is 0.487 e. The number of carbonyl (C=O) groups is 1. The van der Waals surface area contributed by atoms with Crippen molar-refractivity contribution in [1.29, 1.82) is 0 Å². The lowest BCUT2D eigenvalue weighted by Gasteiger charge is -2.20. The number of fused-ring (bicyclic) bond motifs is 2. The van der Waals surface area contributed by atoms with Crippen LogP contribution >= 0.6 is 11.3 Å². The number of ether oxygens (including phenoxy) is 1. The second-order valence-corrected chi connectivity index (χ2v) is 5.73. The summed E-state index contributed by atoms with van der Waals surface area (Å²) in [7, 11) is 1.62. The minimum absolute atomic E-state index is 0.0256. The van der Waals surface area contributed by atoms with Crippen LogP contribution in [0.5, 0.6) is 5.06 Å². The monoisotopic (exact) mass is 252 g/mol. The zero-order chi connectivity index (χ0) is 11.8. The second kappa shape index (κ2) is 4.31. The molecule has 92 valence electrons. The highest BCUT2D eigenvalue weighted by Crippen LogP contribution is 2.29. The van der Waals surface area contributed by atoms with Crippen molar-refractivity contribution in [2.24, 2.45) is 0 Å². The fourth-order valence-electron chi connectivity index (χ4n) is 2.78. The van der Waals surface area contributed by atoms with Gasteiger partial charge in [0.2, 0.25) is 0 Å². The van der Waals surface area contributed by atoms with Gasteiger partial charge in [-0.05, 0) is 31.4 Å². The van der Waals surface area contributed by atoms with E-state index in [-0.39, 0.29) is 5.91 Å². The van der Waals surface area contributed by atoms with E-state index >= 15 is 0 Å². The van der Waals surface area contributed by atoms with E-state index in [0.29, 0.717) is 18.1 Å². The third kappa shape index (κ3) is 2.05. The molecule has 2 bridgehead atoms. The highest BCUT2D eigenvalue weighted by Gasteiger charge is 2.39. The van der Waals surface area contributed by atoms with Gasteiger partial charge in [0.25, 0.3) is 5.91 Å². The number of rotatable bonds is 3. The Morgan fingerprint density at radius 3 is 3.00 bits per heavy atom. The molecule has 2 N–H and O–H groups in total. The molecular weight excluding hydrogens is 236 g/mol. The molecule has 5 heteroatoms. The summed E-state index contributed by atoms with van der Waals surface area (Å²) < 4.78 is 5.09. The van der Waals surface area contributed by atoms with E-state index in [0.717, 1.165) is 16.4 Å². The molecule has 2 fully saturated rings. The van der Waals surface area contributed by atoms with E-state index in [1.54, 1.807) is 7.11 Å². The van der Waals surface area contributed by atoms with Crippen LogP contribution < -0.4 is 15.4 Å². The van der Waals surface area contributed by atoms with Crippen molar-refractivity contribution in [3.63, 3.8) is 0 Å². The minimum Gasteiger partial charge on any atom is -0.487 e. The minimum atomic E-state index is 0.0256. The van der Waals surface area contributed by atoms with Gasteiger partial charge in [0.05, 0.1) is 12.0 Å². The van der Waals surface area contributed by atoms with E-state index < -0.39 is 0 Å². The molecule has 0 aliphatic carbocycles. The van der Waals surface area contributed by atoms with Gasteiger partial charge < -0.3 is 15.4 Å². The number of nitrogens with one attached hydrogen (secondary N) is 2. The van der Waals surface area contributed by atoms with Crippen LogP contribution in [0.1, 0.15) is 28.9 Å². The average Bonchev–Trinajstić information content (AvgIpc) is 3.04. The molecule has 0 aromatic carbocycles. The molecule has 3 heterocycles. The van der Waals surface area contributed by atoms with Crippen molar-refractivity contribution >= 4 is 17.2 Å². The molecule has 3 rings (SSSR count). The van der Waals surface area contributed by atoms with E-state index in [1.165, 1.54) is 24.2 Å². The number of amides is 1. The summed E-state index contributed by atoms with van der Waals surface area (Å²) in [5, 5.41) is 7.41. The van der Waals surface area contributed by atoms with E-state index in [2.05, 4.69) is 10.6 Å². The first kappa shape index (κ1) is 11.0. The quantitative estimate of drug-likeness (QED) is 0.854. The van der Waals surface area contributed by atoms with Gasteiger partial charge in [-0.25, -0.2) is 0 Å². The topological polar surface area (TPSA) is 50.4 Å². The molecule has 2 aliphatic heterocycles. The fraction of sp³-hybridized carbons (Fsp3) is 0.583. The van der Waals surface area contributed by atoms with Crippen molar-refractivity contribution in [1.82, 2.24) is 10.6 Å². The van der Waals surface area contributed by atoms with Crippen LogP contribution in [0.15, 0.2) is 12.1 Å². The lowest BCUT2D eigenvalue weighted by atomic mass is 9.95. The highest BCUT2D eigenvalue weighted by atomic mass is 32.1. The molecule has 4 nitrogen and oxygen atoms in total. The molecule has 2 saturated heterocycles. The molecular formula is C12H16N2O2S. The van der Waals surface area contributed by atoms with Crippen molar-refractivity contribution in [2.75, 3.05) is 7.11 Å². The van der Waals surface area contributed by atoms with Gasteiger partial charge in [-0.1, -0.05) is 11.3 Å². The number of hydrogen-bond acceptors (Lipinski definition) is 4. The van der Waals surface area contributed by atoms with Crippen molar-refractivity contribution in [3.05, 3.63) is 17.0 Å². The molecule has 1 aromatic rings. The number of hydrogen-bond donors (Lipinski definition) is 2. The Hall–Kier alpha value is -1.07. The lowest BCUT2D eigenvalue weighted by molar-refractivity contribution is 0.0935. The number of methoxy groups -OCH3 is 1. The molecule has 0 radical (unpaired) electrons. The molecule has 0 saturated carbocycles. The van der Waals surface area contributed by atoms with Gasteiger partial charge in [-0.15, -0.1) is 0 Å². The Bertz CT molecular complexity index is 432. The molecule has 1 amide bonds. The Morgan fingerprint density at radius 1 is 1.53 bits per heavy atom. The maximum atomic E-state index is 12.0. The maximum Gasteiger partial charge on any atom is 0.261 e. The first-order chi connectivity index (χ1) is 8.26. The summed E-state index contributed by atoms with van der Waals surface area (Å²) >= 11 is 1.39. The van der Waals surface area contributed by atoms with E-state index in [1.807, 2.05) is 12.1 Å². The van der Waals surface area contributed by atoms with Crippen LogP contribution in [0.3, 0.4) is 0 Å². The van der Waals surface area contributed by atoms with Crippen LogP contribution in [0.2, 0.25) is 0 Å². The van der Waals surface area contributed by atoms with E-state index in [4.69, 9.17) is 4.74 Å². The lowest BCUT2D eigenvalue weighted by Crippen LogP contribution is -2.42. The van der Waals surface area contributed by atoms with Gasteiger partial charge >= 0.3 is 0 Å². The van der Waals surface area contributed by atoms with Crippen LogP contribution in [0.25, 0.3) is 0 Å². The zero-order valence-electron chi connectivity index (χ0n) is 9.73. The Kier molecular flexibility index (Phi) is 2.80. The standard InChI is InChI=1S/C12H16N2O2S/c1-16-11-5-4-10(17-11)12(15)14-9-6-7-2-3-8(9)13-7/h4-5,7-9,13H,2-3,6H2,1H3,(H,14,15)/t7-,8+,9-/m1/s1. The van der Waals surface area contributed by atoms with Gasteiger partial charge in [0.15, 0.2) is 5.06 Å². The van der Waals surface area contributed by atoms with Gasteiger partial charge in [0.1, 0.15) is 0 Å². The summed E-state index contributed by atoms with van der Waals surface area (Å²) in [5.41, 5.74) is 0. The third-order valence-corrected chi connectivity index (χ3v) is 4.67. The predicted octanol–water partition coefficient (Wildman–Crippen LogP) is 1.38. The number of carbonyl (C=O) groups excluding carboxylic acids is 1. The molecule has 1 aromatic heterocycles. The third-order valence-electron chi connectivity index (χ3n) is 3.62. The first-order valence-electron chi connectivity index (χ1n) is 5.97. The summed E-state index contributed by atoms with van der Waals surface area (Å²) in [6.07, 6.45) is 3.51. The van der Waals surface area contributed by atoms with E-state index in [9.17, 15) is 4.79 Å². The van der Waals surface area contributed by atoms with Crippen LogP contribution in [-0.2, 0) is 0 Å². The van der Waals surface area contributed by atoms with Gasteiger partial charge in [0, 0.05) is 18.1 Å². The summed E-state index contributed by atoms with van der Waals surface area (Å²) in [6.45, 7) is 0. The van der Waals surface area contributed by atoms with Crippen LogP contribution in [-0.4, -0.2) is 31.1 Å². The fourth-order valence-corrected chi connectivity index (χ4v) is 3.50. The average molecular weight is 252 g/mol. The Labute approximate surface area is 104 Å². The van der Waals surface area contributed by atoms with Crippen LogP contribution in [0, 0.1) is 0 Å². The maximum absolute atomic E-state index is 12.0. The first-order valence-corrected chi connectivity index (χ1v) is 6.78. The molecule has 0 spiro atoms. The summed E-state index contributed by atoms with van der Waals surface area (Å²) in [4.78, 5) is 12.7. The SMILES string of the molecule is COc1ccc(C(=O)N[C@@H]2C[C@H]3CC[C@@H]2N3)s1. The summed E-state index contributed by atoms with van der Waals surface area (Å²) in [6, 6.07) is 5.04. The highest BCUT2D eigenvalue weighted by molar-refractivity contribution is 7.15. The zero-order valence-corrected chi connectivity index (χ0v) is 10.5. The van der Waals surface area contributed by atoms with Crippen LogP contribution in [0.4, 0.5) is 0 Å². The smallest absolute Gasteiger partial charge is 0.261 e. The van der Waals surface area contributed by atoms with Crippen molar-refractivity contribution < 1.29 is 9.53 Å². The van der Waals surface area contributed by atoms with Gasteiger partial charge in [-0.3, -0.25) is 4.79 Å². The Morgan fingerprint density at radius 2 is 2.41 bits per heavy atom. The molecule has 2 aliphatic rings.